The van der Waals surface area contributed by atoms with Gasteiger partial charge in [-0.3, -0.25) is 4.57 Å². The van der Waals surface area contributed by atoms with E-state index in [4.69, 9.17) is 13.9 Å². The number of hydrogen-bond acceptors (Lipinski definition) is 7. The van der Waals surface area contributed by atoms with Gasteiger partial charge < -0.3 is 28.9 Å². The van der Waals surface area contributed by atoms with E-state index in [9.17, 15) is 23.3 Å². The molecule has 0 spiro atoms. The molecule has 0 bridgehead atoms. The highest BCUT2D eigenvalue weighted by molar-refractivity contribution is 5.78. The van der Waals surface area contributed by atoms with Crippen LogP contribution in [0.5, 0.6) is 11.8 Å². The Kier molecular flexibility index (Phi) is 6.77. The van der Waals surface area contributed by atoms with Gasteiger partial charge in [0.2, 0.25) is 0 Å². The summed E-state index contributed by atoms with van der Waals surface area (Å²) < 4.78 is 58.1. The summed E-state index contributed by atoms with van der Waals surface area (Å²) in [5, 5.41) is 11.4. The topological polar surface area (TPSA) is 95.8 Å². The summed E-state index contributed by atoms with van der Waals surface area (Å²) >= 11 is 0. The summed E-state index contributed by atoms with van der Waals surface area (Å²) in [6.07, 6.45) is 0.0375. The van der Waals surface area contributed by atoms with Gasteiger partial charge in [0.1, 0.15) is 36.0 Å². The molecule has 2 aliphatic rings. The number of aromatic nitrogens is 2. The minimum Gasteiger partial charge on any atom is -0.490 e. The number of furan rings is 1. The van der Waals surface area contributed by atoms with Crippen molar-refractivity contribution in [3.63, 3.8) is 0 Å². The molecule has 1 saturated heterocycles. The quantitative estimate of drug-likeness (QED) is 0.196. The van der Waals surface area contributed by atoms with Crippen molar-refractivity contribution >= 4 is 22.5 Å². The van der Waals surface area contributed by atoms with Crippen LogP contribution in [-0.4, -0.2) is 40.3 Å². The minimum atomic E-state index is -4.37. The van der Waals surface area contributed by atoms with Crippen molar-refractivity contribution in [2.45, 2.75) is 44.5 Å². The van der Waals surface area contributed by atoms with Crippen molar-refractivity contribution in [3.8, 4) is 11.8 Å². The zero-order valence-electron chi connectivity index (χ0n) is 21.5. The molecule has 6 rings (SSSR count). The number of alkyl halides is 3. The fourth-order valence-corrected chi connectivity index (χ4v) is 5.33. The molecule has 2 aromatic carbocycles. The maximum absolute atomic E-state index is 13.0. The van der Waals surface area contributed by atoms with Crippen LogP contribution in [0.25, 0.3) is 11.0 Å². The maximum Gasteiger partial charge on any atom is 0.416 e. The molecule has 2 aromatic heterocycles. The molecule has 1 fully saturated rings. The lowest BCUT2D eigenvalue weighted by atomic mass is 9.92. The van der Waals surface area contributed by atoms with E-state index in [-0.39, 0.29) is 17.9 Å². The van der Waals surface area contributed by atoms with Crippen LogP contribution in [0.2, 0.25) is 0 Å². The molecule has 2 aliphatic heterocycles. The van der Waals surface area contributed by atoms with Gasteiger partial charge in [0.15, 0.2) is 0 Å². The van der Waals surface area contributed by atoms with E-state index in [1.54, 1.807) is 10.6 Å². The molecule has 40 heavy (non-hydrogen) atoms. The van der Waals surface area contributed by atoms with Crippen molar-refractivity contribution in [2.75, 3.05) is 24.6 Å². The predicted molar refractivity (Wildman–Crippen MR) is 140 cm³/mol. The van der Waals surface area contributed by atoms with Crippen LogP contribution in [0.4, 0.5) is 24.7 Å². The lowest BCUT2D eigenvalue weighted by Crippen LogP contribution is -2.34. The molecule has 0 unspecified atom stereocenters. The van der Waals surface area contributed by atoms with Gasteiger partial charge in [-0.2, -0.15) is 13.2 Å². The van der Waals surface area contributed by atoms with E-state index in [2.05, 4.69) is 9.88 Å². The number of hydrogen-bond donors (Lipinski definition) is 0. The number of nitro groups is 1. The summed E-state index contributed by atoms with van der Waals surface area (Å²) in [5.74, 6) is 1.60. The first-order valence-electron chi connectivity index (χ1n) is 13.2. The van der Waals surface area contributed by atoms with Crippen LogP contribution in [0.3, 0.4) is 0 Å². The zero-order valence-corrected chi connectivity index (χ0v) is 21.5. The molecular weight excluding hydrogens is 529 g/mol. The Morgan fingerprint density at radius 3 is 2.55 bits per heavy atom. The fraction of sp³-hybridized carbons (Fsp3) is 0.393. The van der Waals surface area contributed by atoms with Crippen molar-refractivity contribution in [3.05, 3.63) is 76.2 Å². The molecule has 0 saturated carbocycles. The number of ether oxygens (including phenoxy) is 2. The normalized spacial score (nSPS) is 18.0. The monoisotopic (exact) mass is 556 g/mol. The number of halogens is 3. The van der Waals surface area contributed by atoms with Crippen LogP contribution in [-0.2, 0) is 19.1 Å². The molecule has 0 amide bonds. The Labute approximate surface area is 227 Å². The molecule has 9 nitrogen and oxygen atoms in total. The predicted octanol–water partition coefficient (Wildman–Crippen LogP) is 6.25. The summed E-state index contributed by atoms with van der Waals surface area (Å²) in [7, 11) is 0. The average Bonchev–Trinajstić information content (AvgIpc) is 3.55. The lowest BCUT2D eigenvalue weighted by Gasteiger charge is -2.33. The van der Waals surface area contributed by atoms with Gasteiger partial charge in [0.05, 0.1) is 5.56 Å². The highest BCUT2D eigenvalue weighted by atomic mass is 19.4. The molecule has 0 radical (unpaired) electrons. The van der Waals surface area contributed by atoms with E-state index in [0.717, 1.165) is 49.5 Å². The SMILES string of the molecule is O=[N+]([O-])c1cn2c(n1)O[C@@H](COc1ccc(N3CCC(Cc4cc5cc(C(F)(F)F)ccc5o4)CC3)cc1)CC2. The Morgan fingerprint density at radius 1 is 1.05 bits per heavy atom. The summed E-state index contributed by atoms with van der Waals surface area (Å²) in [6.45, 7) is 2.63. The lowest BCUT2D eigenvalue weighted by molar-refractivity contribution is -0.389. The Morgan fingerprint density at radius 2 is 1.82 bits per heavy atom. The third kappa shape index (κ3) is 5.56. The van der Waals surface area contributed by atoms with Crippen molar-refractivity contribution < 1.29 is 32.0 Å². The Bertz CT molecular complexity index is 1510. The third-order valence-electron chi connectivity index (χ3n) is 7.52. The number of aryl methyl sites for hydroxylation is 1. The maximum atomic E-state index is 13.0. The van der Waals surface area contributed by atoms with E-state index in [1.165, 1.54) is 12.3 Å². The fourth-order valence-electron chi connectivity index (χ4n) is 5.33. The first kappa shape index (κ1) is 26.0. The van der Waals surface area contributed by atoms with Crippen LogP contribution in [0.1, 0.15) is 30.6 Å². The van der Waals surface area contributed by atoms with Crippen molar-refractivity contribution in [2.24, 2.45) is 5.92 Å². The second-order valence-corrected chi connectivity index (χ2v) is 10.3. The summed E-state index contributed by atoms with van der Waals surface area (Å²) in [6, 6.07) is 13.4. The number of fused-ring (bicyclic) bond motifs is 2. The van der Waals surface area contributed by atoms with Gasteiger partial charge in [-0.1, -0.05) is 0 Å². The summed E-state index contributed by atoms with van der Waals surface area (Å²) in [5.41, 5.74) is 0.908. The number of piperidine rings is 1. The van der Waals surface area contributed by atoms with Crippen LogP contribution in [0, 0.1) is 16.0 Å². The number of benzene rings is 2. The van der Waals surface area contributed by atoms with Crippen molar-refractivity contribution in [1.29, 1.82) is 0 Å². The standard InChI is InChI=1S/C28H27F3N4O5/c29-28(30,31)20-1-6-25-19(14-20)15-24(39-25)13-18-7-10-33(11-8-18)21-2-4-22(5-3-21)38-17-23-9-12-34-16-26(35(36)37)32-27(34)40-23/h1-6,14-16,18,23H,7-13,17H2/t23-/m1/s1. The second kappa shape index (κ2) is 10.4. The van der Waals surface area contributed by atoms with Crippen LogP contribution >= 0.6 is 0 Å². The highest BCUT2D eigenvalue weighted by Crippen LogP contribution is 2.34. The smallest absolute Gasteiger partial charge is 0.416 e. The van der Waals surface area contributed by atoms with Gasteiger partial charge in [0, 0.05) is 48.5 Å². The molecule has 0 N–H and O–H groups in total. The third-order valence-corrected chi connectivity index (χ3v) is 7.52. The second-order valence-electron chi connectivity index (χ2n) is 10.3. The Balaban J connectivity index is 0.981. The number of rotatable bonds is 7. The first-order valence-corrected chi connectivity index (χ1v) is 13.2. The van der Waals surface area contributed by atoms with Gasteiger partial charge in [-0.15, -0.1) is 0 Å². The summed E-state index contributed by atoms with van der Waals surface area (Å²) in [4.78, 5) is 16.6. The zero-order chi connectivity index (χ0) is 27.9. The molecule has 12 heteroatoms. The first-order chi connectivity index (χ1) is 19.2. The Hall–Kier alpha value is -4.22. The molecular formula is C28H27F3N4O5. The van der Waals surface area contributed by atoms with Gasteiger partial charge in [-0.05, 0) is 72.2 Å². The van der Waals surface area contributed by atoms with Crippen molar-refractivity contribution in [1.82, 2.24) is 9.55 Å². The van der Waals surface area contributed by atoms with Gasteiger partial charge in [0.25, 0.3) is 0 Å². The molecule has 4 heterocycles. The molecule has 4 aromatic rings. The molecule has 0 aliphatic carbocycles. The largest absolute Gasteiger partial charge is 0.490 e. The van der Waals surface area contributed by atoms with Gasteiger partial charge >= 0.3 is 18.0 Å². The van der Waals surface area contributed by atoms with E-state index >= 15 is 0 Å². The average molecular weight is 557 g/mol. The molecule has 1 atom stereocenters. The minimum absolute atomic E-state index is 0.228. The van der Waals surface area contributed by atoms with E-state index in [1.807, 2.05) is 24.3 Å². The highest BCUT2D eigenvalue weighted by Gasteiger charge is 2.31. The number of anilines is 1. The van der Waals surface area contributed by atoms with E-state index < -0.39 is 16.7 Å². The van der Waals surface area contributed by atoms with Crippen LogP contribution in [0.15, 0.2) is 59.1 Å². The number of imidazole rings is 1. The van der Waals surface area contributed by atoms with Gasteiger partial charge in [-0.25, -0.2) is 0 Å². The molecule has 210 valence electrons. The van der Waals surface area contributed by atoms with Crippen LogP contribution < -0.4 is 14.4 Å². The van der Waals surface area contributed by atoms with E-state index in [0.29, 0.717) is 48.6 Å². The number of nitrogens with zero attached hydrogens (tertiary/aromatic N) is 4.